The maximum absolute atomic E-state index is 11.1. The molecule has 0 fully saturated rings. The van der Waals surface area contributed by atoms with Gasteiger partial charge in [-0.2, -0.15) is 5.10 Å². The highest BCUT2D eigenvalue weighted by molar-refractivity contribution is 6.01. The Morgan fingerprint density at radius 3 is 3.20 bits per heavy atom. The van der Waals surface area contributed by atoms with Gasteiger partial charge in [0.2, 0.25) is 5.91 Å². The lowest BCUT2D eigenvalue weighted by Crippen LogP contribution is -2.07. The summed E-state index contributed by atoms with van der Waals surface area (Å²) in [6.07, 6.45) is 4.56. The van der Waals surface area contributed by atoms with Crippen molar-refractivity contribution in [1.29, 1.82) is 0 Å². The molecule has 5 heteroatoms. The average molecular weight is 202 g/mol. The minimum absolute atomic E-state index is 0.270. The van der Waals surface area contributed by atoms with Gasteiger partial charge >= 0.3 is 0 Å². The average Bonchev–Trinajstić information content (AvgIpc) is 2.61. The Morgan fingerprint density at radius 2 is 2.47 bits per heavy atom. The van der Waals surface area contributed by atoms with Crippen LogP contribution in [0, 0.1) is 6.92 Å². The molecule has 76 valence electrons. The fraction of sp³-hybridized carbons (Fsp3) is 0.100. The van der Waals surface area contributed by atoms with Crippen LogP contribution >= 0.6 is 0 Å². The first-order valence-electron chi connectivity index (χ1n) is 4.45. The van der Waals surface area contributed by atoms with E-state index in [1.807, 2.05) is 13.0 Å². The molecule has 0 aliphatic heterocycles. The predicted octanol–water partition coefficient (Wildman–Crippen LogP) is 1.16. The van der Waals surface area contributed by atoms with Gasteiger partial charge in [0.15, 0.2) is 5.65 Å². The number of carbonyl (C=O) groups excluding carboxylic acids is 1. The quantitative estimate of drug-likeness (QED) is 0.743. The third-order valence-corrected chi connectivity index (χ3v) is 1.95. The first-order valence-corrected chi connectivity index (χ1v) is 4.45. The van der Waals surface area contributed by atoms with E-state index in [1.165, 1.54) is 6.08 Å². The van der Waals surface area contributed by atoms with Crippen molar-refractivity contribution in [3.8, 4) is 0 Å². The van der Waals surface area contributed by atoms with Gasteiger partial charge in [-0.3, -0.25) is 4.79 Å². The molecule has 2 aromatic heterocycles. The number of fused-ring (bicyclic) bond motifs is 1. The van der Waals surface area contributed by atoms with Gasteiger partial charge in [-0.1, -0.05) is 6.58 Å². The van der Waals surface area contributed by atoms with Crippen LogP contribution in [0.15, 0.2) is 31.1 Å². The topological polar surface area (TPSA) is 59.3 Å². The number of nitrogens with one attached hydrogen (secondary N) is 1. The Bertz CT molecular complexity index is 529. The molecule has 0 saturated heterocycles. The van der Waals surface area contributed by atoms with Crippen molar-refractivity contribution >= 4 is 17.2 Å². The van der Waals surface area contributed by atoms with E-state index in [0.717, 1.165) is 5.69 Å². The molecule has 15 heavy (non-hydrogen) atoms. The highest BCUT2D eigenvalue weighted by Crippen LogP contribution is 2.13. The molecular formula is C10H10N4O. The van der Waals surface area contributed by atoms with E-state index in [-0.39, 0.29) is 5.91 Å². The summed E-state index contributed by atoms with van der Waals surface area (Å²) in [6, 6.07) is 1.85. The number of hydrogen-bond acceptors (Lipinski definition) is 3. The summed E-state index contributed by atoms with van der Waals surface area (Å²) in [5.41, 5.74) is 2.09. The molecule has 2 rings (SSSR count). The number of carbonyl (C=O) groups is 1. The van der Waals surface area contributed by atoms with Gasteiger partial charge < -0.3 is 5.32 Å². The molecule has 0 spiro atoms. The Labute approximate surface area is 86.4 Å². The van der Waals surface area contributed by atoms with Crippen molar-refractivity contribution in [2.45, 2.75) is 6.92 Å². The third-order valence-electron chi connectivity index (χ3n) is 1.95. The Morgan fingerprint density at radius 1 is 1.67 bits per heavy atom. The van der Waals surface area contributed by atoms with Crippen molar-refractivity contribution in [2.24, 2.45) is 0 Å². The summed E-state index contributed by atoms with van der Waals surface area (Å²) in [6.45, 7) is 5.26. The van der Waals surface area contributed by atoms with Crippen molar-refractivity contribution in [3.63, 3.8) is 0 Å². The van der Waals surface area contributed by atoms with Crippen LogP contribution in [0.3, 0.4) is 0 Å². The number of rotatable bonds is 2. The normalized spacial score (nSPS) is 10.2. The summed E-state index contributed by atoms with van der Waals surface area (Å²) in [5, 5.41) is 6.69. The zero-order valence-corrected chi connectivity index (χ0v) is 8.27. The SMILES string of the molecule is C=CC(=O)Nc1cnn2ccc(C)nc12. The Hall–Kier alpha value is -2.17. The zero-order valence-electron chi connectivity index (χ0n) is 8.27. The number of anilines is 1. The Kier molecular flexibility index (Phi) is 2.21. The number of aryl methyl sites for hydroxylation is 1. The molecule has 0 unspecified atom stereocenters. The molecule has 0 aromatic carbocycles. The second kappa shape index (κ2) is 3.53. The minimum atomic E-state index is -0.270. The van der Waals surface area contributed by atoms with Crippen LogP contribution in [0.4, 0.5) is 5.69 Å². The number of amides is 1. The smallest absolute Gasteiger partial charge is 0.247 e. The van der Waals surface area contributed by atoms with E-state index in [1.54, 1.807) is 16.9 Å². The van der Waals surface area contributed by atoms with Gasteiger partial charge in [-0.15, -0.1) is 0 Å². The van der Waals surface area contributed by atoms with Gasteiger partial charge in [0, 0.05) is 11.9 Å². The van der Waals surface area contributed by atoms with Crippen molar-refractivity contribution in [1.82, 2.24) is 14.6 Å². The van der Waals surface area contributed by atoms with Gasteiger partial charge in [-0.25, -0.2) is 9.50 Å². The lowest BCUT2D eigenvalue weighted by Gasteiger charge is -1.99. The van der Waals surface area contributed by atoms with Crippen LogP contribution in [-0.2, 0) is 4.79 Å². The highest BCUT2D eigenvalue weighted by Gasteiger charge is 2.06. The fourth-order valence-electron chi connectivity index (χ4n) is 1.23. The van der Waals surface area contributed by atoms with Gasteiger partial charge in [0.1, 0.15) is 5.69 Å². The molecular weight excluding hydrogens is 192 g/mol. The van der Waals surface area contributed by atoms with Crippen LogP contribution in [0.2, 0.25) is 0 Å². The first kappa shape index (κ1) is 9.39. The molecule has 0 aliphatic carbocycles. The van der Waals surface area contributed by atoms with E-state index in [0.29, 0.717) is 11.3 Å². The second-order valence-corrected chi connectivity index (χ2v) is 3.09. The molecule has 1 amide bonds. The fourth-order valence-corrected chi connectivity index (χ4v) is 1.23. The van der Waals surface area contributed by atoms with Gasteiger partial charge in [0.05, 0.1) is 6.20 Å². The summed E-state index contributed by atoms with van der Waals surface area (Å²) in [5.74, 6) is -0.270. The molecule has 2 heterocycles. The van der Waals surface area contributed by atoms with Crippen molar-refractivity contribution in [2.75, 3.05) is 5.32 Å². The van der Waals surface area contributed by atoms with E-state index < -0.39 is 0 Å². The number of hydrogen-bond donors (Lipinski definition) is 1. The second-order valence-electron chi connectivity index (χ2n) is 3.09. The molecule has 0 saturated carbocycles. The van der Waals surface area contributed by atoms with Crippen LogP contribution in [0.25, 0.3) is 5.65 Å². The van der Waals surface area contributed by atoms with Crippen molar-refractivity contribution in [3.05, 3.63) is 36.8 Å². The maximum atomic E-state index is 11.1. The maximum Gasteiger partial charge on any atom is 0.247 e. The van der Waals surface area contributed by atoms with Crippen LogP contribution in [0.5, 0.6) is 0 Å². The van der Waals surface area contributed by atoms with Crippen molar-refractivity contribution < 1.29 is 4.79 Å². The molecule has 1 N–H and O–H groups in total. The predicted molar refractivity (Wildman–Crippen MR) is 56.6 cm³/mol. The summed E-state index contributed by atoms with van der Waals surface area (Å²) in [4.78, 5) is 15.4. The number of aromatic nitrogens is 3. The summed E-state index contributed by atoms with van der Waals surface area (Å²) in [7, 11) is 0. The first-order chi connectivity index (χ1) is 7.20. The third kappa shape index (κ3) is 1.71. The molecule has 2 aromatic rings. The summed E-state index contributed by atoms with van der Waals surface area (Å²) >= 11 is 0. The largest absolute Gasteiger partial charge is 0.318 e. The molecule has 5 nitrogen and oxygen atoms in total. The number of nitrogens with zero attached hydrogens (tertiary/aromatic N) is 3. The van der Waals surface area contributed by atoms with Crippen LogP contribution < -0.4 is 5.32 Å². The molecule has 0 bridgehead atoms. The lowest BCUT2D eigenvalue weighted by molar-refractivity contribution is -0.111. The summed E-state index contributed by atoms with van der Waals surface area (Å²) < 4.78 is 1.60. The monoisotopic (exact) mass is 202 g/mol. The Balaban J connectivity index is 2.47. The van der Waals surface area contributed by atoms with E-state index in [4.69, 9.17) is 0 Å². The van der Waals surface area contributed by atoms with Gasteiger partial charge in [0.25, 0.3) is 0 Å². The zero-order chi connectivity index (χ0) is 10.8. The highest BCUT2D eigenvalue weighted by atomic mass is 16.1. The lowest BCUT2D eigenvalue weighted by atomic mass is 10.4. The van der Waals surface area contributed by atoms with Crippen LogP contribution in [-0.4, -0.2) is 20.5 Å². The molecule has 0 atom stereocenters. The van der Waals surface area contributed by atoms with E-state index >= 15 is 0 Å². The molecule has 0 radical (unpaired) electrons. The standard InChI is InChI=1S/C10H10N4O/c1-3-9(15)13-8-6-11-14-5-4-7(2)12-10(8)14/h3-6H,1H2,2H3,(H,13,15). The van der Waals surface area contributed by atoms with E-state index in [9.17, 15) is 4.79 Å². The van der Waals surface area contributed by atoms with Gasteiger partial charge in [-0.05, 0) is 19.1 Å². The van der Waals surface area contributed by atoms with E-state index in [2.05, 4.69) is 22.0 Å². The minimum Gasteiger partial charge on any atom is -0.318 e. The molecule has 0 aliphatic rings. The van der Waals surface area contributed by atoms with Crippen LogP contribution in [0.1, 0.15) is 5.69 Å².